The third-order valence-corrected chi connectivity index (χ3v) is 3.32. The SMILES string of the molecule is CC(C)(C)c1ccc(Nc2ccc(F)cc2CN)cc1. The average molecular weight is 272 g/mol. The van der Waals surface area contributed by atoms with Gasteiger partial charge in [-0.05, 0) is 46.9 Å². The monoisotopic (exact) mass is 272 g/mol. The number of halogens is 1. The summed E-state index contributed by atoms with van der Waals surface area (Å²) in [6.45, 7) is 6.85. The van der Waals surface area contributed by atoms with Gasteiger partial charge in [-0.2, -0.15) is 0 Å². The van der Waals surface area contributed by atoms with Crippen LogP contribution in [0, 0.1) is 5.82 Å². The van der Waals surface area contributed by atoms with Crippen molar-refractivity contribution in [1.82, 2.24) is 0 Å². The van der Waals surface area contributed by atoms with Gasteiger partial charge in [0.2, 0.25) is 0 Å². The highest BCUT2D eigenvalue weighted by Gasteiger charge is 2.13. The molecule has 0 atom stereocenters. The molecule has 0 aromatic heterocycles. The van der Waals surface area contributed by atoms with E-state index in [0.717, 1.165) is 16.9 Å². The van der Waals surface area contributed by atoms with Crippen LogP contribution in [-0.4, -0.2) is 0 Å². The molecule has 0 unspecified atom stereocenters. The Hall–Kier alpha value is -1.87. The molecule has 0 amide bonds. The van der Waals surface area contributed by atoms with Crippen molar-refractivity contribution in [1.29, 1.82) is 0 Å². The fourth-order valence-corrected chi connectivity index (χ4v) is 2.06. The van der Waals surface area contributed by atoms with Crippen LogP contribution in [0.15, 0.2) is 42.5 Å². The molecule has 0 saturated carbocycles. The Bertz CT molecular complexity index is 583. The molecule has 0 radical (unpaired) electrons. The van der Waals surface area contributed by atoms with Crippen molar-refractivity contribution in [2.75, 3.05) is 5.32 Å². The first kappa shape index (κ1) is 14.5. The largest absolute Gasteiger partial charge is 0.355 e. The number of nitrogens with one attached hydrogen (secondary N) is 1. The summed E-state index contributed by atoms with van der Waals surface area (Å²) in [6, 6.07) is 12.9. The van der Waals surface area contributed by atoms with Crippen LogP contribution in [-0.2, 0) is 12.0 Å². The molecular weight excluding hydrogens is 251 g/mol. The molecule has 2 rings (SSSR count). The summed E-state index contributed by atoms with van der Waals surface area (Å²) >= 11 is 0. The predicted octanol–water partition coefficient (Wildman–Crippen LogP) is 4.33. The Morgan fingerprint density at radius 3 is 2.25 bits per heavy atom. The second-order valence-electron chi connectivity index (χ2n) is 5.96. The lowest BCUT2D eigenvalue weighted by Gasteiger charge is -2.19. The Kier molecular flexibility index (Phi) is 4.09. The van der Waals surface area contributed by atoms with Crippen molar-refractivity contribution in [2.24, 2.45) is 5.73 Å². The molecule has 0 aliphatic carbocycles. The van der Waals surface area contributed by atoms with Crippen LogP contribution in [0.2, 0.25) is 0 Å². The molecule has 3 heteroatoms. The number of hydrogen-bond donors (Lipinski definition) is 2. The molecule has 2 aromatic rings. The maximum Gasteiger partial charge on any atom is 0.123 e. The second-order valence-corrected chi connectivity index (χ2v) is 5.96. The third-order valence-electron chi connectivity index (χ3n) is 3.32. The summed E-state index contributed by atoms with van der Waals surface area (Å²) in [5.74, 6) is -0.265. The second kappa shape index (κ2) is 5.63. The first-order valence-corrected chi connectivity index (χ1v) is 6.76. The van der Waals surface area contributed by atoms with E-state index in [9.17, 15) is 4.39 Å². The van der Waals surface area contributed by atoms with Gasteiger partial charge < -0.3 is 11.1 Å². The Morgan fingerprint density at radius 1 is 1.05 bits per heavy atom. The average Bonchev–Trinajstić information content (AvgIpc) is 2.40. The van der Waals surface area contributed by atoms with Crippen molar-refractivity contribution in [3.8, 4) is 0 Å². The van der Waals surface area contributed by atoms with Gasteiger partial charge in [-0.1, -0.05) is 32.9 Å². The van der Waals surface area contributed by atoms with E-state index in [1.54, 1.807) is 6.07 Å². The molecule has 106 valence electrons. The number of hydrogen-bond acceptors (Lipinski definition) is 2. The van der Waals surface area contributed by atoms with Crippen molar-refractivity contribution in [2.45, 2.75) is 32.7 Å². The molecule has 2 aromatic carbocycles. The predicted molar refractivity (Wildman–Crippen MR) is 82.7 cm³/mol. The highest BCUT2D eigenvalue weighted by atomic mass is 19.1. The summed E-state index contributed by atoms with van der Waals surface area (Å²) in [5.41, 5.74) is 9.65. The van der Waals surface area contributed by atoms with Crippen LogP contribution in [0.1, 0.15) is 31.9 Å². The Morgan fingerprint density at radius 2 is 1.70 bits per heavy atom. The highest BCUT2D eigenvalue weighted by Crippen LogP contribution is 2.26. The maximum atomic E-state index is 13.2. The van der Waals surface area contributed by atoms with Crippen molar-refractivity contribution < 1.29 is 4.39 Å². The van der Waals surface area contributed by atoms with E-state index in [0.29, 0.717) is 6.54 Å². The van der Waals surface area contributed by atoms with E-state index in [1.165, 1.54) is 17.7 Å². The van der Waals surface area contributed by atoms with E-state index in [2.05, 4.69) is 38.2 Å². The fraction of sp³-hybridized carbons (Fsp3) is 0.294. The smallest absolute Gasteiger partial charge is 0.123 e. The van der Waals surface area contributed by atoms with E-state index in [-0.39, 0.29) is 11.2 Å². The van der Waals surface area contributed by atoms with Crippen LogP contribution in [0.5, 0.6) is 0 Å². The summed E-state index contributed by atoms with van der Waals surface area (Å²) in [6.07, 6.45) is 0. The lowest BCUT2D eigenvalue weighted by molar-refractivity contribution is 0.590. The van der Waals surface area contributed by atoms with Crippen LogP contribution in [0.25, 0.3) is 0 Å². The summed E-state index contributed by atoms with van der Waals surface area (Å²) in [7, 11) is 0. The van der Waals surface area contributed by atoms with E-state index < -0.39 is 0 Å². The van der Waals surface area contributed by atoms with E-state index in [4.69, 9.17) is 5.73 Å². The van der Waals surface area contributed by atoms with Gasteiger partial charge in [0.15, 0.2) is 0 Å². The van der Waals surface area contributed by atoms with Gasteiger partial charge in [0.1, 0.15) is 5.82 Å². The quantitative estimate of drug-likeness (QED) is 0.873. The summed E-state index contributed by atoms with van der Waals surface area (Å²) in [5, 5.41) is 3.28. The molecule has 0 aliphatic heterocycles. The van der Waals surface area contributed by atoms with Crippen LogP contribution < -0.4 is 11.1 Å². The first-order valence-electron chi connectivity index (χ1n) is 6.76. The molecule has 3 N–H and O–H groups in total. The minimum atomic E-state index is -0.265. The third kappa shape index (κ3) is 3.36. The van der Waals surface area contributed by atoms with Gasteiger partial charge in [0, 0.05) is 17.9 Å². The highest BCUT2D eigenvalue weighted by molar-refractivity contribution is 5.63. The molecule has 0 heterocycles. The fourth-order valence-electron chi connectivity index (χ4n) is 2.06. The number of nitrogens with two attached hydrogens (primary N) is 1. The molecule has 2 nitrogen and oxygen atoms in total. The van der Waals surface area contributed by atoms with Crippen LogP contribution in [0.4, 0.5) is 15.8 Å². The zero-order valence-corrected chi connectivity index (χ0v) is 12.2. The van der Waals surface area contributed by atoms with Gasteiger partial charge in [-0.25, -0.2) is 4.39 Å². The zero-order valence-electron chi connectivity index (χ0n) is 12.2. The molecule has 20 heavy (non-hydrogen) atoms. The lowest BCUT2D eigenvalue weighted by Crippen LogP contribution is -2.10. The number of benzene rings is 2. The zero-order chi connectivity index (χ0) is 14.8. The van der Waals surface area contributed by atoms with Gasteiger partial charge >= 0.3 is 0 Å². The maximum absolute atomic E-state index is 13.2. The van der Waals surface area contributed by atoms with Crippen molar-refractivity contribution in [3.63, 3.8) is 0 Å². The molecule has 0 bridgehead atoms. The van der Waals surface area contributed by atoms with Crippen molar-refractivity contribution >= 4 is 11.4 Å². The van der Waals surface area contributed by atoms with E-state index >= 15 is 0 Å². The standard InChI is InChI=1S/C17H21FN2/c1-17(2,3)13-4-7-15(8-5-13)20-16-9-6-14(18)10-12(16)11-19/h4-10,20H,11,19H2,1-3H3. The number of rotatable bonds is 3. The Balaban J connectivity index is 2.22. The molecule has 0 aliphatic rings. The van der Waals surface area contributed by atoms with Gasteiger partial charge in [0.05, 0.1) is 0 Å². The minimum Gasteiger partial charge on any atom is -0.355 e. The Labute approximate surface area is 119 Å². The van der Waals surface area contributed by atoms with Gasteiger partial charge in [-0.3, -0.25) is 0 Å². The minimum absolute atomic E-state index is 0.136. The van der Waals surface area contributed by atoms with Gasteiger partial charge in [0.25, 0.3) is 0 Å². The topological polar surface area (TPSA) is 38.0 Å². The van der Waals surface area contributed by atoms with Crippen LogP contribution in [0.3, 0.4) is 0 Å². The van der Waals surface area contributed by atoms with Gasteiger partial charge in [-0.15, -0.1) is 0 Å². The summed E-state index contributed by atoms with van der Waals surface area (Å²) in [4.78, 5) is 0. The normalized spacial score (nSPS) is 11.4. The summed E-state index contributed by atoms with van der Waals surface area (Å²) < 4.78 is 13.2. The molecule has 0 fully saturated rings. The van der Waals surface area contributed by atoms with Crippen molar-refractivity contribution in [3.05, 3.63) is 59.4 Å². The molecule has 0 spiro atoms. The lowest BCUT2D eigenvalue weighted by atomic mass is 9.87. The van der Waals surface area contributed by atoms with Crippen LogP contribution >= 0.6 is 0 Å². The first-order chi connectivity index (χ1) is 9.40. The van der Waals surface area contributed by atoms with E-state index in [1.807, 2.05) is 12.1 Å². The number of anilines is 2. The molecular formula is C17H21FN2. The molecule has 0 saturated heterocycles.